The summed E-state index contributed by atoms with van der Waals surface area (Å²) in [6, 6.07) is 13.0. The number of para-hydroxylation sites is 1. The molecule has 0 saturated carbocycles. The summed E-state index contributed by atoms with van der Waals surface area (Å²) in [4.78, 5) is 39.3. The second kappa shape index (κ2) is 7.30. The van der Waals surface area contributed by atoms with E-state index in [4.69, 9.17) is 16.3 Å². The molecule has 0 radical (unpaired) electrons. The highest BCUT2D eigenvalue weighted by Crippen LogP contribution is 2.28. The molecule has 134 valence electrons. The fourth-order valence-corrected chi connectivity index (χ4v) is 2.90. The number of nitrogens with zero attached hydrogens (tertiary/aromatic N) is 1. The number of carbonyl (C=O) groups is 3. The molecule has 0 saturated heterocycles. The summed E-state index contributed by atoms with van der Waals surface area (Å²) in [7, 11) is 0. The van der Waals surface area contributed by atoms with E-state index in [9.17, 15) is 14.4 Å². The van der Waals surface area contributed by atoms with Gasteiger partial charge in [0, 0.05) is 10.6 Å². The second-order valence-electron chi connectivity index (χ2n) is 6.44. The standard InChI is InChI=1S/C20H18ClNO4/c1-12(2)18-20(25)22(11-16(23)13-7-9-14(21)10-8-13)19(24)15-5-3-4-6-17(15)26-18/h3-10,12,18H,11H2,1-2H3/t18-/m1/s1. The van der Waals surface area contributed by atoms with Crippen molar-refractivity contribution < 1.29 is 19.1 Å². The molecule has 1 aliphatic heterocycles. The number of hydrogen-bond donors (Lipinski definition) is 0. The highest BCUT2D eigenvalue weighted by atomic mass is 35.5. The van der Waals surface area contributed by atoms with Crippen LogP contribution in [0.2, 0.25) is 5.02 Å². The zero-order valence-electron chi connectivity index (χ0n) is 14.4. The van der Waals surface area contributed by atoms with E-state index in [1.807, 2.05) is 13.8 Å². The molecule has 0 unspecified atom stereocenters. The SMILES string of the molecule is CC(C)[C@H]1Oc2ccccc2C(=O)N(CC(=O)c2ccc(Cl)cc2)C1=O. The van der Waals surface area contributed by atoms with Gasteiger partial charge in [-0.15, -0.1) is 0 Å². The Morgan fingerprint density at radius 1 is 1.12 bits per heavy atom. The topological polar surface area (TPSA) is 63.7 Å². The minimum absolute atomic E-state index is 0.158. The summed E-state index contributed by atoms with van der Waals surface area (Å²) >= 11 is 5.84. The zero-order chi connectivity index (χ0) is 18.8. The average Bonchev–Trinajstić information content (AvgIpc) is 2.72. The molecule has 0 N–H and O–H groups in total. The molecule has 0 bridgehead atoms. The summed E-state index contributed by atoms with van der Waals surface area (Å²) in [6.45, 7) is 3.32. The van der Waals surface area contributed by atoms with Crippen molar-refractivity contribution in [1.82, 2.24) is 4.90 Å². The highest BCUT2D eigenvalue weighted by molar-refractivity contribution is 6.30. The first kappa shape index (κ1) is 18.1. The van der Waals surface area contributed by atoms with Crippen molar-refractivity contribution in [2.75, 3.05) is 6.54 Å². The lowest BCUT2D eigenvalue weighted by Gasteiger charge is -2.24. The fourth-order valence-electron chi connectivity index (χ4n) is 2.77. The van der Waals surface area contributed by atoms with E-state index in [1.54, 1.807) is 48.5 Å². The molecule has 2 aromatic carbocycles. The van der Waals surface area contributed by atoms with E-state index in [0.29, 0.717) is 16.3 Å². The van der Waals surface area contributed by atoms with Crippen molar-refractivity contribution >= 4 is 29.2 Å². The van der Waals surface area contributed by atoms with Gasteiger partial charge in [0.25, 0.3) is 11.8 Å². The lowest BCUT2D eigenvalue weighted by molar-refractivity contribution is -0.136. The summed E-state index contributed by atoms with van der Waals surface area (Å²) in [5.41, 5.74) is 0.655. The maximum atomic E-state index is 12.9. The van der Waals surface area contributed by atoms with Gasteiger partial charge >= 0.3 is 0 Å². The first-order valence-electron chi connectivity index (χ1n) is 8.28. The van der Waals surface area contributed by atoms with Gasteiger partial charge in [-0.3, -0.25) is 19.3 Å². The lowest BCUT2D eigenvalue weighted by atomic mass is 10.1. The number of benzene rings is 2. The van der Waals surface area contributed by atoms with Gasteiger partial charge in [0.05, 0.1) is 12.1 Å². The van der Waals surface area contributed by atoms with Crippen molar-refractivity contribution in [3.05, 3.63) is 64.7 Å². The predicted molar refractivity (Wildman–Crippen MR) is 97.5 cm³/mol. The Bertz CT molecular complexity index is 860. The number of carbonyl (C=O) groups excluding carboxylic acids is 3. The number of ketones is 1. The van der Waals surface area contributed by atoms with Crippen LogP contribution in [0.3, 0.4) is 0 Å². The van der Waals surface area contributed by atoms with E-state index in [1.165, 1.54) is 0 Å². The van der Waals surface area contributed by atoms with Crippen LogP contribution in [0.1, 0.15) is 34.6 Å². The van der Waals surface area contributed by atoms with E-state index >= 15 is 0 Å². The van der Waals surface area contributed by atoms with Gasteiger partial charge in [0.1, 0.15) is 5.75 Å². The number of Topliss-reactive ketones (excluding diaryl/α,β-unsaturated/α-hetero) is 1. The number of amides is 2. The van der Waals surface area contributed by atoms with Crippen molar-refractivity contribution in [1.29, 1.82) is 0 Å². The van der Waals surface area contributed by atoms with Gasteiger partial charge in [-0.2, -0.15) is 0 Å². The maximum Gasteiger partial charge on any atom is 0.271 e. The Morgan fingerprint density at radius 3 is 2.42 bits per heavy atom. The number of ether oxygens (including phenoxy) is 1. The largest absolute Gasteiger partial charge is 0.479 e. The first-order valence-corrected chi connectivity index (χ1v) is 8.66. The van der Waals surface area contributed by atoms with Crippen LogP contribution in [0.5, 0.6) is 5.75 Å². The Morgan fingerprint density at radius 2 is 1.77 bits per heavy atom. The molecule has 3 rings (SSSR count). The summed E-state index contributed by atoms with van der Waals surface area (Å²) in [5, 5.41) is 0.505. The molecule has 0 spiro atoms. The van der Waals surface area contributed by atoms with Crippen LogP contribution in [-0.4, -0.2) is 35.1 Å². The zero-order valence-corrected chi connectivity index (χ0v) is 15.2. The molecule has 0 fully saturated rings. The molecule has 0 aliphatic carbocycles. The van der Waals surface area contributed by atoms with Crippen LogP contribution in [0.4, 0.5) is 0 Å². The molecular weight excluding hydrogens is 354 g/mol. The molecule has 1 atom stereocenters. The van der Waals surface area contributed by atoms with Crippen LogP contribution in [0.15, 0.2) is 48.5 Å². The fraction of sp³-hybridized carbons (Fsp3) is 0.250. The van der Waals surface area contributed by atoms with E-state index in [2.05, 4.69) is 0 Å². The Balaban J connectivity index is 1.95. The number of hydrogen-bond acceptors (Lipinski definition) is 4. The van der Waals surface area contributed by atoms with Crippen LogP contribution in [0, 0.1) is 5.92 Å². The monoisotopic (exact) mass is 371 g/mol. The van der Waals surface area contributed by atoms with Crippen LogP contribution in [0.25, 0.3) is 0 Å². The van der Waals surface area contributed by atoms with E-state index in [0.717, 1.165) is 4.90 Å². The molecule has 2 aromatic rings. The number of imide groups is 1. The molecule has 6 heteroatoms. The molecule has 0 aromatic heterocycles. The smallest absolute Gasteiger partial charge is 0.271 e. The third kappa shape index (κ3) is 3.48. The third-order valence-electron chi connectivity index (χ3n) is 4.20. The Kier molecular flexibility index (Phi) is 5.09. The molecule has 1 aliphatic rings. The minimum atomic E-state index is -0.833. The first-order chi connectivity index (χ1) is 12.4. The van der Waals surface area contributed by atoms with Gasteiger partial charge in [-0.1, -0.05) is 37.6 Å². The molecule has 2 amide bonds. The third-order valence-corrected chi connectivity index (χ3v) is 4.45. The van der Waals surface area contributed by atoms with Crippen molar-refractivity contribution in [2.24, 2.45) is 5.92 Å². The number of fused-ring (bicyclic) bond motifs is 1. The van der Waals surface area contributed by atoms with Crippen LogP contribution in [-0.2, 0) is 4.79 Å². The molecule has 26 heavy (non-hydrogen) atoms. The Hall–Kier alpha value is -2.66. The second-order valence-corrected chi connectivity index (χ2v) is 6.87. The van der Waals surface area contributed by atoms with Crippen molar-refractivity contribution in [3.63, 3.8) is 0 Å². The lowest BCUT2D eigenvalue weighted by Crippen LogP contribution is -2.47. The summed E-state index contributed by atoms with van der Waals surface area (Å²) in [5.74, 6) is -1.19. The average molecular weight is 372 g/mol. The van der Waals surface area contributed by atoms with Crippen LogP contribution < -0.4 is 4.74 Å². The van der Waals surface area contributed by atoms with Gasteiger partial charge in [0.2, 0.25) is 0 Å². The van der Waals surface area contributed by atoms with Crippen molar-refractivity contribution in [3.8, 4) is 5.75 Å². The quantitative estimate of drug-likeness (QED) is 0.608. The number of halogens is 1. The van der Waals surface area contributed by atoms with Gasteiger partial charge in [-0.25, -0.2) is 0 Å². The van der Waals surface area contributed by atoms with Gasteiger partial charge in [0.15, 0.2) is 11.9 Å². The van der Waals surface area contributed by atoms with E-state index < -0.39 is 17.9 Å². The highest BCUT2D eigenvalue weighted by Gasteiger charge is 2.38. The van der Waals surface area contributed by atoms with Gasteiger partial charge < -0.3 is 4.74 Å². The Labute approximate surface area is 156 Å². The molecular formula is C20H18ClNO4. The number of rotatable bonds is 4. The van der Waals surface area contributed by atoms with Gasteiger partial charge in [-0.05, 0) is 42.3 Å². The van der Waals surface area contributed by atoms with E-state index in [-0.39, 0.29) is 23.8 Å². The normalized spacial score (nSPS) is 16.9. The molecule has 1 heterocycles. The minimum Gasteiger partial charge on any atom is -0.479 e. The predicted octanol–water partition coefficient (Wildman–Crippen LogP) is 3.61. The maximum absolute atomic E-state index is 12.9. The molecule has 5 nitrogen and oxygen atoms in total. The van der Waals surface area contributed by atoms with Crippen LogP contribution >= 0.6 is 11.6 Å². The van der Waals surface area contributed by atoms with Crippen molar-refractivity contribution in [2.45, 2.75) is 20.0 Å². The summed E-state index contributed by atoms with van der Waals surface area (Å²) in [6.07, 6.45) is -0.833. The summed E-state index contributed by atoms with van der Waals surface area (Å²) < 4.78 is 5.79.